The lowest BCUT2D eigenvalue weighted by atomic mass is 10.2. The van der Waals surface area contributed by atoms with Crippen molar-refractivity contribution in [1.82, 2.24) is 4.98 Å². The molecule has 4 nitrogen and oxygen atoms in total. The smallest absolute Gasteiger partial charge is 0.163 e. The van der Waals surface area contributed by atoms with Crippen LogP contribution in [0.2, 0.25) is 5.02 Å². The molecule has 2 heterocycles. The summed E-state index contributed by atoms with van der Waals surface area (Å²) in [6.07, 6.45) is 3.37. The molecule has 1 aliphatic heterocycles. The van der Waals surface area contributed by atoms with E-state index in [1.807, 2.05) is 24.3 Å². The number of anilines is 1. The zero-order chi connectivity index (χ0) is 13.1. The van der Waals surface area contributed by atoms with Gasteiger partial charge in [-0.3, -0.25) is 4.98 Å². The second kappa shape index (κ2) is 5.36. The first-order valence-corrected chi connectivity index (χ1v) is 6.42. The average Bonchev–Trinajstić information content (AvgIpc) is 2.46. The molecule has 1 aromatic heterocycles. The molecule has 2 aromatic rings. The maximum Gasteiger partial charge on any atom is 0.163 e. The predicted molar refractivity (Wildman–Crippen MR) is 74.0 cm³/mol. The molecule has 3 rings (SSSR count). The summed E-state index contributed by atoms with van der Waals surface area (Å²) in [5.41, 5.74) is 1.98. The number of hydrogen-bond donors (Lipinski definition) is 1. The van der Waals surface area contributed by atoms with Crippen LogP contribution in [0.25, 0.3) is 0 Å². The number of nitrogens with one attached hydrogen (secondary N) is 1. The molecule has 19 heavy (non-hydrogen) atoms. The predicted octanol–water partition coefficient (Wildman–Crippen LogP) is 3.12. The number of hydrogen-bond acceptors (Lipinski definition) is 4. The lowest BCUT2D eigenvalue weighted by Crippen LogP contribution is -2.15. The third kappa shape index (κ3) is 2.74. The third-order valence-corrected chi connectivity index (χ3v) is 3.22. The van der Waals surface area contributed by atoms with Crippen molar-refractivity contribution in [3.05, 3.63) is 47.2 Å². The Morgan fingerprint density at radius 1 is 1.16 bits per heavy atom. The van der Waals surface area contributed by atoms with Crippen LogP contribution in [0.15, 0.2) is 36.7 Å². The Morgan fingerprint density at radius 3 is 2.84 bits per heavy atom. The number of nitrogens with zero attached hydrogens (tertiary/aromatic N) is 1. The maximum absolute atomic E-state index is 6.06. The summed E-state index contributed by atoms with van der Waals surface area (Å²) >= 11 is 6.06. The fraction of sp³-hybridized carbons (Fsp3) is 0.214. The van der Waals surface area contributed by atoms with E-state index in [1.165, 1.54) is 0 Å². The van der Waals surface area contributed by atoms with Crippen molar-refractivity contribution in [2.24, 2.45) is 0 Å². The Hall–Kier alpha value is -1.94. The quantitative estimate of drug-likeness (QED) is 0.935. The van der Waals surface area contributed by atoms with E-state index in [1.54, 1.807) is 12.4 Å². The molecular weight excluding hydrogens is 264 g/mol. The van der Waals surface area contributed by atoms with Crippen LogP contribution in [0.3, 0.4) is 0 Å². The van der Waals surface area contributed by atoms with Gasteiger partial charge in [0.25, 0.3) is 0 Å². The van der Waals surface area contributed by atoms with Gasteiger partial charge in [0.1, 0.15) is 13.2 Å². The van der Waals surface area contributed by atoms with Crippen LogP contribution in [0, 0.1) is 0 Å². The van der Waals surface area contributed by atoms with Gasteiger partial charge in [0.05, 0.1) is 5.02 Å². The lowest BCUT2D eigenvalue weighted by molar-refractivity contribution is 0.171. The van der Waals surface area contributed by atoms with Gasteiger partial charge in [-0.1, -0.05) is 11.6 Å². The minimum Gasteiger partial charge on any atom is -0.486 e. The molecule has 0 atom stereocenters. The monoisotopic (exact) mass is 276 g/mol. The molecule has 0 saturated heterocycles. The van der Waals surface area contributed by atoms with Gasteiger partial charge in [-0.05, 0) is 23.8 Å². The first-order valence-electron chi connectivity index (χ1n) is 6.05. The van der Waals surface area contributed by atoms with Crippen LogP contribution in [-0.4, -0.2) is 18.2 Å². The standard InChI is InChI=1S/C14H13ClN2O2/c15-12-9-16-4-3-10(12)8-17-11-1-2-13-14(7-11)19-6-5-18-13/h1-4,7,9,17H,5-6,8H2. The molecule has 1 aromatic carbocycles. The molecule has 0 fully saturated rings. The SMILES string of the molecule is Clc1cnccc1CNc1ccc2c(c1)OCCO2. The highest BCUT2D eigenvalue weighted by atomic mass is 35.5. The second-order valence-electron chi connectivity index (χ2n) is 4.18. The van der Waals surface area contributed by atoms with Gasteiger partial charge >= 0.3 is 0 Å². The van der Waals surface area contributed by atoms with Crippen LogP contribution in [-0.2, 0) is 6.54 Å². The van der Waals surface area contributed by atoms with E-state index in [4.69, 9.17) is 21.1 Å². The van der Waals surface area contributed by atoms with Crippen LogP contribution in [0.5, 0.6) is 11.5 Å². The number of rotatable bonds is 3. The number of pyridine rings is 1. The van der Waals surface area contributed by atoms with Gasteiger partial charge in [-0.2, -0.15) is 0 Å². The van der Waals surface area contributed by atoms with E-state index in [-0.39, 0.29) is 0 Å². The fourth-order valence-electron chi connectivity index (χ4n) is 1.90. The van der Waals surface area contributed by atoms with E-state index in [2.05, 4.69) is 10.3 Å². The highest BCUT2D eigenvalue weighted by Crippen LogP contribution is 2.32. The van der Waals surface area contributed by atoms with Crippen LogP contribution < -0.4 is 14.8 Å². The Kier molecular flexibility index (Phi) is 3.42. The fourth-order valence-corrected chi connectivity index (χ4v) is 2.08. The van der Waals surface area contributed by atoms with Crippen molar-refractivity contribution < 1.29 is 9.47 Å². The minimum atomic E-state index is 0.590. The molecule has 1 N–H and O–H groups in total. The zero-order valence-corrected chi connectivity index (χ0v) is 11.0. The Balaban J connectivity index is 1.72. The number of aromatic nitrogens is 1. The third-order valence-electron chi connectivity index (χ3n) is 2.88. The van der Waals surface area contributed by atoms with Crippen molar-refractivity contribution in [2.45, 2.75) is 6.54 Å². The summed E-state index contributed by atoms with van der Waals surface area (Å²) in [6, 6.07) is 7.70. The number of halogens is 1. The Morgan fingerprint density at radius 2 is 2.00 bits per heavy atom. The molecule has 1 aliphatic rings. The van der Waals surface area contributed by atoms with E-state index in [0.717, 1.165) is 22.7 Å². The van der Waals surface area contributed by atoms with Crippen molar-refractivity contribution in [3.63, 3.8) is 0 Å². The van der Waals surface area contributed by atoms with Crippen LogP contribution in [0.1, 0.15) is 5.56 Å². The van der Waals surface area contributed by atoms with Crippen molar-refractivity contribution >= 4 is 17.3 Å². The Bertz CT molecular complexity index is 589. The van der Waals surface area contributed by atoms with Gasteiger partial charge in [0, 0.05) is 30.7 Å². The minimum absolute atomic E-state index is 0.590. The van der Waals surface area contributed by atoms with E-state index in [9.17, 15) is 0 Å². The number of ether oxygens (including phenoxy) is 2. The van der Waals surface area contributed by atoms with Gasteiger partial charge in [0.15, 0.2) is 11.5 Å². The first-order chi connectivity index (χ1) is 9.33. The normalized spacial score (nSPS) is 13.1. The highest BCUT2D eigenvalue weighted by Gasteiger charge is 2.11. The zero-order valence-electron chi connectivity index (χ0n) is 10.2. The topological polar surface area (TPSA) is 43.4 Å². The van der Waals surface area contributed by atoms with Crippen LogP contribution >= 0.6 is 11.6 Å². The molecule has 5 heteroatoms. The van der Waals surface area contributed by atoms with Crippen molar-refractivity contribution in [2.75, 3.05) is 18.5 Å². The molecule has 0 saturated carbocycles. The second-order valence-corrected chi connectivity index (χ2v) is 4.59. The maximum atomic E-state index is 6.06. The molecule has 0 bridgehead atoms. The summed E-state index contributed by atoms with van der Waals surface area (Å²) in [5, 5.41) is 3.96. The summed E-state index contributed by atoms with van der Waals surface area (Å²) in [5.74, 6) is 1.57. The summed E-state index contributed by atoms with van der Waals surface area (Å²) in [7, 11) is 0. The molecule has 0 amide bonds. The molecule has 0 spiro atoms. The van der Waals surface area contributed by atoms with Gasteiger partial charge in [0.2, 0.25) is 0 Å². The summed E-state index contributed by atoms with van der Waals surface area (Å²) < 4.78 is 11.0. The van der Waals surface area contributed by atoms with Gasteiger partial charge < -0.3 is 14.8 Å². The Labute approximate surface area is 116 Å². The number of benzene rings is 1. The molecular formula is C14H13ClN2O2. The molecule has 0 aliphatic carbocycles. The van der Waals surface area contributed by atoms with Gasteiger partial charge in [-0.25, -0.2) is 0 Å². The lowest BCUT2D eigenvalue weighted by Gasteiger charge is -2.19. The van der Waals surface area contributed by atoms with E-state index < -0.39 is 0 Å². The molecule has 0 radical (unpaired) electrons. The highest BCUT2D eigenvalue weighted by molar-refractivity contribution is 6.31. The van der Waals surface area contributed by atoms with Gasteiger partial charge in [-0.15, -0.1) is 0 Å². The van der Waals surface area contributed by atoms with Crippen molar-refractivity contribution in [3.8, 4) is 11.5 Å². The largest absolute Gasteiger partial charge is 0.486 e. The first kappa shape index (κ1) is 12.1. The summed E-state index contributed by atoms with van der Waals surface area (Å²) in [6.45, 7) is 1.83. The molecule has 0 unspecified atom stereocenters. The number of fused-ring (bicyclic) bond motifs is 1. The average molecular weight is 277 g/mol. The molecule has 98 valence electrons. The van der Waals surface area contributed by atoms with Crippen LogP contribution in [0.4, 0.5) is 5.69 Å². The van der Waals surface area contributed by atoms with Crippen molar-refractivity contribution in [1.29, 1.82) is 0 Å². The van der Waals surface area contributed by atoms with E-state index in [0.29, 0.717) is 24.8 Å². The van der Waals surface area contributed by atoms with E-state index >= 15 is 0 Å². The summed E-state index contributed by atoms with van der Waals surface area (Å²) in [4.78, 5) is 3.96.